The Morgan fingerprint density at radius 1 is 1.47 bits per heavy atom. The molecule has 0 unspecified atom stereocenters. The lowest BCUT2D eigenvalue weighted by atomic mass is 9.94. The van der Waals surface area contributed by atoms with Crippen LogP contribution in [0.25, 0.3) is 0 Å². The monoisotopic (exact) mass is 227 g/mol. The number of aromatic nitrogens is 1. The van der Waals surface area contributed by atoms with Crippen molar-refractivity contribution < 1.29 is 0 Å². The molecule has 0 aliphatic heterocycles. The Bertz CT molecular complexity index is 292. The van der Waals surface area contributed by atoms with E-state index in [0.717, 1.165) is 31.6 Å². The molecular formula is C11H21N3S. The molecule has 0 radical (unpaired) electrons. The lowest BCUT2D eigenvalue weighted by Gasteiger charge is -2.26. The maximum absolute atomic E-state index is 6.20. The van der Waals surface area contributed by atoms with Crippen LogP contribution in [-0.4, -0.2) is 17.1 Å². The van der Waals surface area contributed by atoms with Gasteiger partial charge in [-0.3, -0.25) is 0 Å². The van der Waals surface area contributed by atoms with Crippen LogP contribution in [0.3, 0.4) is 0 Å². The Morgan fingerprint density at radius 3 is 2.60 bits per heavy atom. The topological polar surface area (TPSA) is 50.9 Å². The third-order valence-electron chi connectivity index (χ3n) is 3.02. The van der Waals surface area contributed by atoms with Crippen molar-refractivity contribution in [3.8, 4) is 0 Å². The second-order valence-corrected chi connectivity index (χ2v) is 4.97. The Labute approximate surface area is 96.1 Å². The van der Waals surface area contributed by atoms with Crippen molar-refractivity contribution in [2.75, 3.05) is 6.54 Å². The average Bonchev–Trinajstić information content (AvgIpc) is 2.64. The summed E-state index contributed by atoms with van der Waals surface area (Å²) in [6.45, 7) is 8.09. The summed E-state index contributed by atoms with van der Waals surface area (Å²) in [4.78, 5) is 5.53. The Balaban J connectivity index is 2.36. The summed E-state index contributed by atoms with van der Waals surface area (Å²) >= 11 is 1.70. The van der Waals surface area contributed by atoms with Gasteiger partial charge in [0.2, 0.25) is 0 Å². The highest BCUT2D eigenvalue weighted by Crippen LogP contribution is 2.13. The van der Waals surface area contributed by atoms with E-state index < -0.39 is 0 Å². The number of thiazole rings is 1. The van der Waals surface area contributed by atoms with Gasteiger partial charge in [0.25, 0.3) is 0 Å². The fraction of sp³-hybridized carbons (Fsp3) is 0.727. The van der Waals surface area contributed by atoms with Crippen LogP contribution in [0, 0.1) is 6.92 Å². The largest absolute Gasteiger partial charge is 0.324 e. The van der Waals surface area contributed by atoms with Gasteiger partial charge >= 0.3 is 0 Å². The van der Waals surface area contributed by atoms with E-state index in [1.165, 1.54) is 4.88 Å². The van der Waals surface area contributed by atoms with E-state index in [9.17, 15) is 0 Å². The van der Waals surface area contributed by atoms with E-state index in [2.05, 4.69) is 24.1 Å². The van der Waals surface area contributed by atoms with Crippen molar-refractivity contribution in [2.24, 2.45) is 5.73 Å². The van der Waals surface area contributed by atoms with E-state index in [0.29, 0.717) is 0 Å². The molecule has 1 rings (SSSR count). The zero-order chi connectivity index (χ0) is 11.3. The molecule has 0 amide bonds. The smallest absolute Gasteiger partial charge is 0.0798 e. The van der Waals surface area contributed by atoms with Crippen molar-refractivity contribution >= 4 is 11.3 Å². The van der Waals surface area contributed by atoms with Crippen molar-refractivity contribution in [3.05, 3.63) is 16.1 Å². The van der Waals surface area contributed by atoms with Gasteiger partial charge in [0.15, 0.2) is 0 Å². The SMILES string of the molecule is CCC(N)(CC)CNCc1scnc1C. The van der Waals surface area contributed by atoms with Crippen LogP contribution in [0.15, 0.2) is 5.51 Å². The number of hydrogen-bond acceptors (Lipinski definition) is 4. The van der Waals surface area contributed by atoms with E-state index in [4.69, 9.17) is 5.73 Å². The third kappa shape index (κ3) is 3.55. The summed E-state index contributed by atoms with van der Waals surface area (Å²) in [6, 6.07) is 0. The van der Waals surface area contributed by atoms with Crippen LogP contribution in [0.5, 0.6) is 0 Å². The molecule has 0 saturated carbocycles. The molecule has 0 aromatic carbocycles. The number of rotatable bonds is 6. The molecule has 1 aromatic heterocycles. The molecule has 0 spiro atoms. The van der Waals surface area contributed by atoms with Gasteiger partial charge in [-0.15, -0.1) is 11.3 Å². The summed E-state index contributed by atoms with van der Waals surface area (Å²) in [5.74, 6) is 0. The van der Waals surface area contributed by atoms with Crippen LogP contribution in [0.2, 0.25) is 0 Å². The highest BCUT2D eigenvalue weighted by atomic mass is 32.1. The first-order valence-corrected chi connectivity index (χ1v) is 6.38. The second kappa shape index (κ2) is 5.58. The molecule has 0 aliphatic carbocycles. The molecule has 3 N–H and O–H groups in total. The van der Waals surface area contributed by atoms with Crippen LogP contribution >= 0.6 is 11.3 Å². The fourth-order valence-electron chi connectivity index (χ4n) is 1.42. The summed E-state index contributed by atoms with van der Waals surface area (Å²) < 4.78 is 0. The number of aryl methyl sites for hydroxylation is 1. The third-order valence-corrected chi connectivity index (χ3v) is 3.95. The summed E-state index contributed by atoms with van der Waals surface area (Å²) in [6.07, 6.45) is 2.02. The Morgan fingerprint density at radius 2 is 2.13 bits per heavy atom. The van der Waals surface area contributed by atoms with Gasteiger partial charge in [-0.25, -0.2) is 4.98 Å². The molecule has 1 heterocycles. The molecule has 1 aromatic rings. The van der Waals surface area contributed by atoms with Gasteiger partial charge < -0.3 is 11.1 Å². The van der Waals surface area contributed by atoms with Gasteiger partial charge in [-0.1, -0.05) is 13.8 Å². The van der Waals surface area contributed by atoms with Crippen LogP contribution in [-0.2, 0) is 6.54 Å². The highest BCUT2D eigenvalue weighted by molar-refractivity contribution is 7.09. The molecule has 3 nitrogen and oxygen atoms in total. The second-order valence-electron chi connectivity index (χ2n) is 4.03. The standard InChI is InChI=1S/C11H21N3S/c1-4-11(12,5-2)7-13-6-10-9(3)14-8-15-10/h8,13H,4-7,12H2,1-3H3. The molecule has 0 bridgehead atoms. The van der Waals surface area contributed by atoms with E-state index >= 15 is 0 Å². The van der Waals surface area contributed by atoms with Crippen molar-refractivity contribution in [1.29, 1.82) is 0 Å². The number of hydrogen-bond donors (Lipinski definition) is 2. The normalized spacial score (nSPS) is 12.0. The molecule has 15 heavy (non-hydrogen) atoms. The minimum atomic E-state index is -0.0570. The number of nitrogens with one attached hydrogen (secondary N) is 1. The van der Waals surface area contributed by atoms with E-state index in [1.54, 1.807) is 11.3 Å². The minimum Gasteiger partial charge on any atom is -0.324 e. The van der Waals surface area contributed by atoms with Crippen molar-refractivity contribution in [1.82, 2.24) is 10.3 Å². The quantitative estimate of drug-likeness (QED) is 0.782. The van der Waals surface area contributed by atoms with Gasteiger partial charge in [-0.05, 0) is 19.8 Å². The van der Waals surface area contributed by atoms with Crippen LogP contribution in [0.1, 0.15) is 37.3 Å². The first-order chi connectivity index (χ1) is 7.11. The Hall–Kier alpha value is -0.450. The van der Waals surface area contributed by atoms with Gasteiger partial charge in [0.05, 0.1) is 11.2 Å². The van der Waals surface area contributed by atoms with Gasteiger partial charge in [-0.2, -0.15) is 0 Å². The lowest BCUT2D eigenvalue weighted by Crippen LogP contribution is -2.47. The number of nitrogens with zero attached hydrogens (tertiary/aromatic N) is 1. The van der Waals surface area contributed by atoms with E-state index in [-0.39, 0.29) is 5.54 Å². The molecule has 0 saturated heterocycles. The molecule has 0 fully saturated rings. The van der Waals surface area contributed by atoms with Crippen LogP contribution in [0.4, 0.5) is 0 Å². The van der Waals surface area contributed by atoms with Crippen molar-refractivity contribution in [2.45, 2.75) is 45.7 Å². The number of nitrogens with two attached hydrogens (primary N) is 1. The summed E-state index contributed by atoms with van der Waals surface area (Å²) in [7, 11) is 0. The van der Waals surface area contributed by atoms with Gasteiger partial charge in [0, 0.05) is 23.5 Å². The maximum atomic E-state index is 6.20. The summed E-state index contributed by atoms with van der Waals surface area (Å²) in [5.41, 5.74) is 9.16. The lowest BCUT2D eigenvalue weighted by molar-refractivity contribution is 0.369. The predicted octanol–water partition coefficient (Wildman–Crippen LogP) is 2.06. The molecule has 0 aliphatic rings. The van der Waals surface area contributed by atoms with Crippen molar-refractivity contribution in [3.63, 3.8) is 0 Å². The zero-order valence-corrected chi connectivity index (χ0v) is 10.7. The minimum absolute atomic E-state index is 0.0570. The molecular weight excluding hydrogens is 206 g/mol. The predicted molar refractivity (Wildman–Crippen MR) is 66.1 cm³/mol. The molecule has 86 valence electrons. The van der Waals surface area contributed by atoms with Gasteiger partial charge in [0.1, 0.15) is 0 Å². The molecule has 4 heteroatoms. The average molecular weight is 227 g/mol. The maximum Gasteiger partial charge on any atom is 0.0798 e. The van der Waals surface area contributed by atoms with Crippen LogP contribution < -0.4 is 11.1 Å². The first-order valence-electron chi connectivity index (χ1n) is 5.50. The Kier molecular flexibility index (Phi) is 4.70. The summed E-state index contributed by atoms with van der Waals surface area (Å²) in [5, 5.41) is 3.42. The highest BCUT2D eigenvalue weighted by Gasteiger charge is 2.19. The fourth-order valence-corrected chi connectivity index (χ4v) is 2.17. The first kappa shape index (κ1) is 12.6. The molecule has 0 atom stereocenters. The zero-order valence-electron chi connectivity index (χ0n) is 9.84. The van der Waals surface area contributed by atoms with E-state index in [1.807, 2.05) is 12.4 Å².